The summed E-state index contributed by atoms with van der Waals surface area (Å²) in [7, 11) is 0. The second kappa shape index (κ2) is 6.97. The number of hydrogen-bond acceptors (Lipinski definition) is 1. The largest absolute Gasteiger partial charge is 0.314 e. The molecule has 1 atom stereocenters. The van der Waals surface area contributed by atoms with Gasteiger partial charge in [0.1, 0.15) is 5.82 Å². The molecule has 0 radical (unpaired) electrons. The summed E-state index contributed by atoms with van der Waals surface area (Å²) in [5.41, 5.74) is 0.907. The fourth-order valence-corrected chi connectivity index (χ4v) is 1.97. The van der Waals surface area contributed by atoms with E-state index in [2.05, 4.69) is 26.1 Å². The van der Waals surface area contributed by atoms with Gasteiger partial charge in [0, 0.05) is 11.1 Å². The van der Waals surface area contributed by atoms with Crippen molar-refractivity contribution in [2.75, 3.05) is 6.54 Å². The van der Waals surface area contributed by atoms with E-state index < -0.39 is 0 Å². The zero-order valence-electron chi connectivity index (χ0n) is 10.8. The van der Waals surface area contributed by atoms with Crippen LogP contribution < -0.4 is 5.32 Å². The molecule has 0 aliphatic heterocycles. The molecule has 1 N–H and O–H groups in total. The minimum Gasteiger partial charge on any atom is -0.314 e. The standard InChI is InChI=1S/C14H21ClFN/c1-4-11(9-17-10(2)3)7-12-8-13(16)5-6-14(12)15/h5-6,8,10-11,17H,4,7,9H2,1-3H3. The SMILES string of the molecule is CCC(CNC(C)C)Cc1cc(F)ccc1Cl. The lowest BCUT2D eigenvalue weighted by Crippen LogP contribution is -2.29. The van der Waals surface area contributed by atoms with Crippen LogP contribution in [-0.2, 0) is 6.42 Å². The van der Waals surface area contributed by atoms with Gasteiger partial charge in [-0.05, 0) is 42.6 Å². The first kappa shape index (κ1) is 14.5. The topological polar surface area (TPSA) is 12.0 Å². The van der Waals surface area contributed by atoms with Gasteiger partial charge in [0.05, 0.1) is 0 Å². The molecule has 1 aromatic rings. The molecular formula is C14H21ClFN. The number of halogens is 2. The molecule has 3 heteroatoms. The highest BCUT2D eigenvalue weighted by Crippen LogP contribution is 2.21. The first-order valence-corrected chi connectivity index (χ1v) is 6.58. The second-order valence-corrected chi connectivity index (χ2v) is 5.18. The third-order valence-corrected chi connectivity index (χ3v) is 3.28. The lowest BCUT2D eigenvalue weighted by Gasteiger charge is -2.18. The molecule has 0 saturated heterocycles. The first-order valence-electron chi connectivity index (χ1n) is 6.20. The number of rotatable bonds is 6. The Labute approximate surface area is 108 Å². The molecule has 0 fully saturated rings. The number of nitrogens with one attached hydrogen (secondary N) is 1. The zero-order chi connectivity index (χ0) is 12.8. The van der Waals surface area contributed by atoms with Gasteiger partial charge < -0.3 is 5.32 Å². The second-order valence-electron chi connectivity index (χ2n) is 4.78. The van der Waals surface area contributed by atoms with Crippen LogP contribution in [0.25, 0.3) is 0 Å². The van der Waals surface area contributed by atoms with Gasteiger partial charge in [-0.3, -0.25) is 0 Å². The molecule has 17 heavy (non-hydrogen) atoms. The van der Waals surface area contributed by atoms with Crippen LogP contribution in [-0.4, -0.2) is 12.6 Å². The van der Waals surface area contributed by atoms with E-state index in [1.807, 2.05) is 0 Å². The van der Waals surface area contributed by atoms with Crippen LogP contribution in [0.1, 0.15) is 32.8 Å². The van der Waals surface area contributed by atoms with Gasteiger partial charge in [-0.1, -0.05) is 38.8 Å². The molecule has 0 saturated carbocycles. The van der Waals surface area contributed by atoms with E-state index in [0.717, 1.165) is 24.9 Å². The summed E-state index contributed by atoms with van der Waals surface area (Å²) in [6.07, 6.45) is 1.89. The average molecular weight is 258 g/mol. The molecule has 96 valence electrons. The maximum atomic E-state index is 13.1. The normalized spacial score (nSPS) is 13.1. The summed E-state index contributed by atoms with van der Waals surface area (Å²) in [4.78, 5) is 0. The van der Waals surface area contributed by atoms with E-state index in [9.17, 15) is 4.39 Å². The van der Waals surface area contributed by atoms with Crippen LogP contribution in [0.15, 0.2) is 18.2 Å². The Kier molecular flexibility index (Phi) is 5.93. The Morgan fingerprint density at radius 1 is 1.35 bits per heavy atom. The van der Waals surface area contributed by atoms with Gasteiger partial charge in [-0.15, -0.1) is 0 Å². The van der Waals surface area contributed by atoms with Crippen molar-refractivity contribution in [3.05, 3.63) is 34.6 Å². The fraction of sp³-hybridized carbons (Fsp3) is 0.571. The quantitative estimate of drug-likeness (QED) is 0.811. The maximum Gasteiger partial charge on any atom is 0.123 e. The van der Waals surface area contributed by atoms with Crippen molar-refractivity contribution in [1.82, 2.24) is 5.32 Å². The van der Waals surface area contributed by atoms with E-state index in [0.29, 0.717) is 17.0 Å². The minimum atomic E-state index is -0.212. The highest BCUT2D eigenvalue weighted by molar-refractivity contribution is 6.31. The van der Waals surface area contributed by atoms with Gasteiger partial charge in [-0.2, -0.15) is 0 Å². The van der Waals surface area contributed by atoms with Gasteiger partial charge >= 0.3 is 0 Å². The summed E-state index contributed by atoms with van der Waals surface area (Å²) < 4.78 is 13.1. The summed E-state index contributed by atoms with van der Waals surface area (Å²) >= 11 is 6.07. The highest BCUT2D eigenvalue weighted by atomic mass is 35.5. The molecule has 0 aliphatic rings. The summed E-state index contributed by atoms with van der Waals surface area (Å²) in [6, 6.07) is 5.06. The Morgan fingerprint density at radius 2 is 2.06 bits per heavy atom. The van der Waals surface area contributed by atoms with Crippen molar-refractivity contribution in [1.29, 1.82) is 0 Å². The third-order valence-electron chi connectivity index (χ3n) is 2.91. The van der Waals surface area contributed by atoms with Crippen LogP contribution >= 0.6 is 11.6 Å². The third kappa shape index (κ3) is 5.05. The lowest BCUT2D eigenvalue weighted by atomic mass is 9.96. The van der Waals surface area contributed by atoms with E-state index in [-0.39, 0.29) is 5.82 Å². The van der Waals surface area contributed by atoms with E-state index in [1.165, 1.54) is 6.07 Å². The number of hydrogen-bond donors (Lipinski definition) is 1. The molecule has 0 heterocycles. The van der Waals surface area contributed by atoms with Gasteiger partial charge in [0.25, 0.3) is 0 Å². The van der Waals surface area contributed by atoms with Crippen LogP contribution in [0.5, 0.6) is 0 Å². The lowest BCUT2D eigenvalue weighted by molar-refractivity contribution is 0.435. The van der Waals surface area contributed by atoms with Crippen molar-refractivity contribution >= 4 is 11.6 Å². The minimum absolute atomic E-state index is 0.212. The predicted octanol–water partition coefficient (Wildman–Crippen LogP) is 4.05. The van der Waals surface area contributed by atoms with Crippen LogP contribution in [0, 0.1) is 11.7 Å². The molecule has 0 aliphatic carbocycles. The van der Waals surface area contributed by atoms with Gasteiger partial charge in [0.15, 0.2) is 0 Å². The molecule has 0 spiro atoms. The highest BCUT2D eigenvalue weighted by Gasteiger charge is 2.11. The summed E-state index contributed by atoms with van der Waals surface area (Å²) in [6.45, 7) is 7.35. The zero-order valence-corrected chi connectivity index (χ0v) is 11.5. The maximum absolute atomic E-state index is 13.1. The Bertz CT molecular complexity index is 352. The van der Waals surface area contributed by atoms with Crippen molar-refractivity contribution in [3.8, 4) is 0 Å². The van der Waals surface area contributed by atoms with Crippen LogP contribution in [0.3, 0.4) is 0 Å². The summed E-state index contributed by atoms with van der Waals surface area (Å²) in [5, 5.41) is 4.08. The van der Waals surface area contributed by atoms with Crippen LogP contribution in [0.2, 0.25) is 5.02 Å². The Morgan fingerprint density at radius 3 is 2.65 bits per heavy atom. The summed E-state index contributed by atoms with van der Waals surface area (Å²) in [5.74, 6) is 0.285. The van der Waals surface area contributed by atoms with Crippen molar-refractivity contribution in [2.24, 2.45) is 5.92 Å². The molecule has 1 nitrogen and oxygen atoms in total. The molecule has 1 aromatic carbocycles. The first-order chi connectivity index (χ1) is 8.02. The smallest absolute Gasteiger partial charge is 0.123 e. The molecule has 0 aromatic heterocycles. The molecule has 0 amide bonds. The van der Waals surface area contributed by atoms with Crippen molar-refractivity contribution < 1.29 is 4.39 Å². The van der Waals surface area contributed by atoms with E-state index in [4.69, 9.17) is 11.6 Å². The van der Waals surface area contributed by atoms with E-state index >= 15 is 0 Å². The van der Waals surface area contributed by atoms with Gasteiger partial charge in [0.2, 0.25) is 0 Å². The molecule has 1 rings (SSSR count). The fourth-order valence-electron chi connectivity index (χ4n) is 1.77. The Hall–Kier alpha value is -0.600. The molecule has 0 bridgehead atoms. The predicted molar refractivity (Wildman–Crippen MR) is 72.0 cm³/mol. The molecule has 1 unspecified atom stereocenters. The molecular weight excluding hydrogens is 237 g/mol. The van der Waals surface area contributed by atoms with Crippen molar-refractivity contribution in [2.45, 2.75) is 39.7 Å². The van der Waals surface area contributed by atoms with E-state index in [1.54, 1.807) is 12.1 Å². The average Bonchev–Trinajstić information content (AvgIpc) is 2.28. The monoisotopic (exact) mass is 257 g/mol. The van der Waals surface area contributed by atoms with Crippen LogP contribution in [0.4, 0.5) is 4.39 Å². The van der Waals surface area contributed by atoms with Gasteiger partial charge in [-0.25, -0.2) is 4.39 Å². The van der Waals surface area contributed by atoms with Crippen molar-refractivity contribution in [3.63, 3.8) is 0 Å². The Balaban J connectivity index is 2.63. The number of benzene rings is 1.